The molecular formula is C56H67N6O11-. The quantitative estimate of drug-likeness (QED) is 0.0562. The zero-order valence-corrected chi connectivity index (χ0v) is 43.5. The Morgan fingerprint density at radius 1 is 0.767 bits per heavy atom. The van der Waals surface area contributed by atoms with Crippen LogP contribution in [0.2, 0.25) is 0 Å². The first-order valence-corrected chi connectivity index (χ1v) is 23.7. The molecule has 73 heavy (non-hydrogen) atoms. The minimum Gasteiger partial charge on any atom is -0.478 e. The third kappa shape index (κ3) is 13.8. The molecule has 0 saturated heterocycles. The standard InChI is InChI=1S/C21H26N2O4.C17H16N2O3.C11H15NO3.C6H7NO.CH3/c1-21(2,3)27-20(25)23-11-5-6-16(23)13-22-18-10-9-14-7-8-15(12-17(14)18)19(24)26-4;1-10-2-6-13-9-18(17(22)19(10)13)15-7-5-11-3-4-12(16(20)21)8-14(11)15;1-8-5-6-9(7-13)12(8)10(14)15-11(2,3)4;1-5-2-3-6(4-8)7-5;/h5-8,11-12,18,22H,9-10,13H2,1-4H3;2-4,6,8,15H,5,7,9H2,1H3,(H,20,21);5-7H,1-4H3;2-4,7H,1H3;1H3/q;;;;-1/t18-;15-;;;/m11.../s1. The molecule has 2 aliphatic carbocycles. The molecule has 2 aromatic carbocycles. The number of ether oxygens (including phenoxy) is 3. The molecule has 0 fully saturated rings. The molecule has 4 aromatic heterocycles. The number of carbonyl (C=O) groups excluding carboxylic acids is 6. The molecule has 6 aromatic rings. The lowest BCUT2D eigenvalue weighted by atomic mass is 10.0. The molecule has 388 valence electrons. The minimum atomic E-state index is -0.927. The van der Waals surface area contributed by atoms with Crippen molar-refractivity contribution in [3.63, 3.8) is 0 Å². The van der Waals surface area contributed by atoms with Crippen LogP contribution in [0.15, 0.2) is 91.1 Å². The van der Waals surface area contributed by atoms with Gasteiger partial charge in [0, 0.05) is 47.3 Å². The fourth-order valence-corrected chi connectivity index (χ4v) is 8.78. The molecule has 17 heteroatoms. The van der Waals surface area contributed by atoms with Crippen molar-refractivity contribution in [2.75, 3.05) is 7.11 Å². The van der Waals surface area contributed by atoms with Crippen LogP contribution < -0.4 is 5.32 Å². The SMILES string of the molecule is COC(=O)c1ccc2c(c1)[C@H](NCc1cccn1C(=O)OC(C)(C)C)CC2.Cc1ccc(C=O)[nH]1.Cc1ccc(C=O)n1C(=O)OC(C)(C)C.Cc1ccc2n1C(=O)N([C@@H]1CCc3ccc(C(=O)O)cc31)C2.[CH3-]. The zero-order valence-electron chi connectivity index (χ0n) is 43.5. The third-order valence-electron chi connectivity index (χ3n) is 12.1. The maximum absolute atomic E-state index is 12.7. The van der Waals surface area contributed by atoms with Crippen LogP contribution >= 0.6 is 0 Å². The van der Waals surface area contributed by atoms with Gasteiger partial charge in [0.2, 0.25) is 0 Å². The van der Waals surface area contributed by atoms with E-state index in [-0.39, 0.29) is 43.2 Å². The number of fused-ring (bicyclic) bond motifs is 3. The maximum Gasteiger partial charge on any atom is 0.419 e. The number of aryl methyl sites for hydroxylation is 5. The summed E-state index contributed by atoms with van der Waals surface area (Å²) < 4.78 is 20.0. The molecule has 0 unspecified atom stereocenters. The van der Waals surface area contributed by atoms with Gasteiger partial charge in [-0.25, -0.2) is 28.5 Å². The molecular weight excluding hydrogens is 933 g/mol. The summed E-state index contributed by atoms with van der Waals surface area (Å²) in [7, 11) is 1.39. The number of carbonyl (C=O) groups is 7. The van der Waals surface area contributed by atoms with Gasteiger partial charge in [0.25, 0.3) is 0 Å². The van der Waals surface area contributed by atoms with E-state index in [1.807, 2.05) is 88.0 Å². The molecule has 5 heterocycles. The van der Waals surface area contributed by atoms with E-state index in [1.54, 1.807) is 74.9 Å². The van der Waals surface area contributed by atoms with Gasteiger partial charge in [-0.3, -0.25) is 18.7 Å². The predicted octanol–water partition coefficient (Wildman–Crippen LogP) is 10.8. The van der Waals surface area contributed by atoms with E-state index in [0.29, 0.717) is 42.0 Å². The Labute approximate surface area is 426 Å². The lowest BCUT2D eigenvalue weighted by Crippen LogP contribution is -2.30. The van der Waals surface area contributed by atoms with Gasteiger partial charge in [-0.1, -0.05) is 12.1 Å². The second kappa shape index (κ2) is 23.6. The van der Waals surface area contributed by atoms with E-state index in [1.165, 1.54) is 21.8 Å². The Kier molecular flexibility index (Phi) is 18.2. The van der Waals surface area contributed by atoms with E-state index in [9.17, 15) is 38.7 Å². The number of nitrogens with zero attached hydrogens (tertiary/aromatic N) is 4. The number of carboxylic acids is 1. The number of aldehydes is 2. The molecule has 9 rings (SSSR count). The van der Waals surface area contributed by atoms with Crippen LogP contribution in [-0.4, -0.2) is 89.7 Å². The first-order chi connectivity index (χ1) is 34.0. The third-order valence-corrected chi connectivity index (χ3v) is 12.1. The van der Waals surface area contributed by atoms with Crippen LogP contribution in [0.25, 0.3) is 0 Å². The number of aromatic carboxylic acids is 1. The number of benzene rings is 2. The molecule has 3 N–H and O–H groups in total. The van der Waals surface area contributed by atoms with Gasteiger partial charge in [-0.15, -0.1) is 0 Å². The number of rotatable bonds is 8. The zero-order chi connectivity index (χ0) is 52.7. The summed E-state index contributed by atoms with van der Waals surface area (Å²) in [5, 5.41) is 12.7. The second-order valence-electron chi connectivity index (χ2n) is 19.8. The van der Waals surface area contributed by atoms with Crippen molar-refractivity contribution < 1.29 is 52.9 Å². The van der Waals surface area contributed by atoms with Crippen LogP contribution in [0.4, 0.5) is 14.4 Å². The minimum absolute atomic E-state index is 0. The molecule has 2 atom stereocenters. The van der Waals surface area contributed by atoms with E-state index in [4.69, 9.17) is 14.2 Å². The highest BCUT2D eigenvalue weighted by molar-refractivity contribution is 5.90. The monoisotopic (exact) mass is 999 g/mol. The van der Waals surface area contributed by atoms with Crippen molar-refractivity contribution in [3.8, 4) is 0 Å². The largest absolute Gasteiger partial charge is 0.478 e. The number of nitrogens with one attached hydrogen (secondary N) is 2. The fourth-order valence-electron chi connectivity index (χ4n) is 8.78. The van der Waals surface area contributed by atoms with Crippen molar-refractivity contribution in [3.05, 3.63) is 172 Å². The molecule has 0 spiro atoms. The number of amides is 1. The van der Waals surface area contributed by atoms with Crippen LogP contribution in [0.1, 0.15) is 159 Å². The highest BCUT2D eigenvalue weighted by Crippen LogP contribution is 2.40. The molecule has 17 nitrogen and oxygen atoms in total. The van der Waals surface area contributed by atoms with E-state index >= 15 is 0 Å². The summed E-state index contributed by atoms with van der Waals surface area (Å²) in [6, 6.07) is 25.6. The summed E-state index contributed by atoms with van der Waals surface area (Å²) >= 11 is 0. The van der Waals surface area contributed by atoms with Crippen LogP contribution in [0.3, 0.4) is 0 Å². The van der Waals surface area contributed by atoms with E-state index < -0.39 is 23.3 Å². The number of aromatic nitrogens is 4. The Bertz CT molecular complexity index is 2970. The number of hydrogen-bond acceptors (Lipinski definition) is 11. The van der Waals surface area contributed by atoms with Gasteiger partial charge in [0.05, 0.1) is 42.2 Å². The number of carboxylic acid groups (broad SMARTS) is 1. The predicted molar refractivity (Wildman–Crippen MR) is 275 cm³/mol. The van der Waals surface area contributed by atoms with E-state index in [2.05, 4.69) is 10.3 Å². The van der Waals surface area contributed by atoms with Crippen LogP contribution in [0, 0.1) is 28.2 Å². The van der Waals surface area contributed by atoms with Crippen molar-refractivity contribution in [1.82, 2.24) is 28.9 Å². The lowest BCUT2D eigenvalue weighted by molar-refractivity contribution is 0.0519. The summed E-state index contributed by atoms with van der Waals surface area (Å²) in [6.07, 6.45) is 5.89. The number of aromatic amines is 1. The highest BCUT2D eigenvalue weighted by atomic mass is 16.6. The molecule has 3 aliphatic rings. The molecule has 0 radical (unpaired) electrons. The Balaban J connectivity index is 0.000000193. The lowest BCUT2D eigenvalue weighted by Gasteiger charge is -2.24. The number of hydrogen-bond donors (Lipinski definition) is 3. The Morgan fingerprint density at radius 3 is 1.99 bits per heavy atom. The molecule has 1 amide bonds. The molecule has 1 aliphatic heterocycles. The number of H-pyrrole nitrogens is 1. The van der Waals surface area contributed by atoms with Gasteiger partial charge in [0.15, 0.2) is 12.6 Å². The van der Waals surface area contributed by atoms with Crippen molar-refractivity contribution in [2.45, 2.75) is 124 Å². The average Bonchev–Trinajstić information content (AvgIpc) is 4.20. The maximum atomic E-state index is 12.7. The van der Waals surface area contributed by atoms with Gasteiger partial charge >= 0.3 is 30.2 Å². The van der Waals surface area contributed by atoms with Crippen molar-refractivity contribution in [1.29, 1.82) is 0 Å². The highest BCUT2D eigenvalue weighted by Gasteiger charge is 2.37. The Hall–Kier alpha value is -7.79. The van der Waals surface area contributed by atoms with Crippen LogP contribution in [0.5, 0.6) is 0 Å². The Morgan fingerprint density at radius 2 is 1.40 bits per heavy atom. The van der Waals surface area contributed by atoms with Gasteiger partial charge in [-0.05, 0) is 183 Å². The normalized spacial score (nSPS) is 15.1. The topological polar surface area (TPSA) is 213 Å². The smallest absolute Gasteiger partial charge is 0.419 e. The van der Waals surface area contributed by atoms with Gasteiger partial charge in [0.1, 0.15) is 11.2 Å². The van der Waals surface area contributed by atoms with Crippen molar-refractivity contribution in [2.24, 2.45) is 0 Å². The van der Waals surface area contributed by atoms with Gasteiger partial charge in [-0.2, -0.15) is 0 Å². The van der Waals surface area contributed by atoms with Gasteiger partial charge < -0.3 is 41.9 Å². The van der Waals surface area contributed by atoms with Crippen molar-refractivity contribution >= 4 is 42.7 Å². The first-order valence-electron chi connectivity index (χ1n) is 23.7. The molecule has 0 saturated carbocycles. The van der Waals surface area contributed by atoms with Crippen LogP contribution in [-0.2, 0) is 40.1 Å². The summed E-state index contributed by atoms with van der Waals surface area (Å²) in [4.78, 5) is 85.1. The first kappa shape index (κ1) is 56.1. The second-order valence-corrected chi connectivity index (χ2v) is 19.8. The van der Waals surface area contributed by atoms with E-state index in [0.717, 1.165) is 71.4 Å². The summed E-state index contributed by atoms with van der Waals surface area (Å²) in [5.41, 5.74) is 9.67. The summed E-state index contributed by atoms with van der Waals surface area (Å²) in [5.74, 6) is -1.26. The number of esters is 1. The summed E-state index contributed by atoms with van der Waals surface area (Å²) in [6.45, 7) is 17.6. The average molecular weight is 1000 g/mol. The number of methoxy groups -OCH3 is 1. The fraction of sp³-hybridized carbons (Fsp3) is 0.357. The molecule has 0 bridgehead atoms.